The summed E-state index contributed by atoms with van der Waals surface area (Å²) >= 11 is 0. The lowest BCUT2D eigenvalue weighted by molar-refractivity contribution is -0.146. The van der Waals surface area contributed by atoms with E-state index >= 15 is 0 Å². The number of Topliss-reactive ketones (excluding diaryl/α,β-unsaturated/α-hetero) is 1. The van der Waals surface area contributed by atoms with Gasteiger partial charge in [-0.25, -0.2) is 0 Å². The first-order valence-electron chi connectivity index (χ1n) is 13.9. The van der Waals surface area contributed by atoms with Crippen molar-refractivity contribution in [3.8, 4) is 17.2 Å². The van der Waals surface area contributed by atoms with Crippen LogP contribution in [0.2, 0.25) is 0 Å². The van der Waals surface area contributed by atoms with Gasteiger partial charge in [-0.15, -0.1) is 0 Å². The molecule has 5 rings (SSSR count). The van der Waals surface area contributed by atoms with E-state index < -0.39 is 17.8 Å². The molecule has 0 saturated carbocycles. The van der Waals surface area contributed by atoms with Crippen molar-refractivity contribution in [3.05, 3.63) is 101 Å². The highest BCUT2D eigenvalue weighted by Crippen LogP contribution is 2.48. The summed E-state index contributed by atoms with van der Waals surface area (Å²) in [7, 11) is 3.22. The third kappa shape index (κ3) is 5.89. The fraction of sp³-hybridized carbons (Fsp3) is 0.324. The SMILES string of the molecule is CCOC(=O)C1C(C)=NC2=C(C(=O)C[C@H](c3ccc(OC)cc3)C2)[C@@H]1c1ccc(OCc2ccccc2)c(OC)c1. The first kappa shape index (κ1) is 28.1. The van der Waals surface area contributed by atoms with Gasteiger partial charge < -0.3 is 18.9 Å². The van der Waals surface area contributed by atoms with E-state index in [0.717, 1.165) is 28.1 Å². The molecule has 2 aliphatic rings. The Bertz CT molecular complexity index is 1470. The van der Waals surface area contributed by atoms with Gasteiger partial charge in [0.15, 0.2) is 17.3 Å². The number of carbonyl (C=O) groups is 2. The molecule has 1 aliphatic heterocycles. The highest BCUT2D eigenvalue weighted by atomic mass is 16.5. The number of carbonyl (C=O) groups excluding carboxylic acids is 2. The van der Waals surface area contributed by atoms with Crippen LogP contribution in [0.1, 0.15) is 55.2 Å². The molecule has 1 heterocycles. The molecule has 3 aromatic carbocycles. The second kappa shape index (κ2) is 12.4. The number of benzene rings is 3. The highest BCUT2D eigenvalue weighted by molar-refractivity contribution is 6.09. The van der Waals surface area contributed by atoms with E-state index in [1.54, 1.807) is 21.1 Å². The Morgan fingerprint density at radius 1 is 0.902 bits per heavy atom. The van der Waals surface area contributed by atoms with Crippen molar-refractivity contribution in [1.82, 2.24) is 0 Å². The molecular formula is C34H35NO6. The third-order valence-corrected chi connectivity index (χ3v) is 7.80. The van der Waals surface area contributed by atoms with Crippen molar-refractivity contribution in [2.45, 2.75) is 45.1 Å². The minimum absolute atomic E-state index is 0.00759. The van der Waals surface area contributed by atoms with E-state index in [1.807, 2.05) is 79.7 Å². The summed E-state index contributed by atoms with van der Waals surface area (Å²) in [4.78, 5) is 32.0. The van der Waals surface area contributed by atoms with E-state index in [4.69, 9.17) is 23.9 Å². The number of ether oxygens (including phenoxy) is 4. The summed E-state index contributed by atoms with van der Waals surface area (Å²) in [5.41, 5.74) is 4.83. The number of aliphatic imine (C=N–C) groups is 1. The lowest BCUT2D eigenvalue weighted by atomic mass is 9.69. The maximum Gasteiger partial charge on any atom is 0.315 e. The molecule has 0 saturated heterocycles. The van der Waals surface area contributed by atoms with Gasteiger partial charge in [-0.2, -0.15) is 0 Å². The zero-order chi connectivity index (χ0) is 28.9. The Morgan fingerprint density at radius 2 is 1.63 bits per heavy atom. The number of ketones is 1. The molecule has 0 N–H and O–H groups in total. The van der Waals surface area contributed by atoms with Crippen LogP contribution in [-0.4, -0.2) is 38.3 Å². The normalized spacial score (nSPS) is 20.1. The van der Waals surface area contributed by atoms with Crippen molar-refractivity contribution < 1.29 is 28.5 Å². The molecule has 3 aromatic rings. The second-order valence-corrected chi connectivity index (χ2v) is 10.3. The summed E-state index contributed by atoms with van der Waals surface area (Å²) in [5.74, 6) is 0.223. The molecule has 0 radical (unpaired) electrons. The van der Waals surface area contributed by atoms with E-state index in [9.17, 15) is 9.59 Å². The fourth-order valence-corrected chi connectivity index (χ4v) is 5.80. The molecule has 7 heteroatoms. The Labute approximate surface area is 240 Å². The van der Waals surface area contributed by atoms with Crippen LogP contribution < -0.4 is 14.2 Å². The smallest absolute Gasteiger partial charge is 0.315 e. The first-order valence-corrected chi connectivity index (χ1v) is 13.9. The van der Waals surface area contributed by atoms with Crippen LogP contribution in [-0.2, 0) is 20.9 Å². The van der Waals surface area contributed by atoms with Crippen LogP contribution in [0.15, 0.2) is 89.1 Å². The van der Waals surface area contributed by atoms with Crippen LogP contribution >= 0.6 is 0 Å². The molecule has 3 atom stereocenters. The van der Waals surface area contributed by atoms with Gasteiger partial charge in [0.25, 0.3) is 0 Å². The lowest BCUT2D eigenvalue weighted by Crippen LogP contribution is -2.38. The molecule has 1 unspecified atom stereocenters. The summed E-state index contributed by atoms with van der Waals surface area (Å²) in [6.45, 7) is 4.25. The molecule has 1 aliphatic carbocycles. The van der Waals surface area contributed by atoms with Gasteiger partial charge >= 0.3 is 5.97 Å². The number of hydrogen-bond donors (Lipinski definition) is 0. The maximum atomic E-state index is 13.9. The van der Waals surface area contributed by atoms with Gasteiger partial charge in [-0.05, 0) is 67.1 Å². The molecule has 0 spiro atoms. The van der Waals surface area contributed by atoms with E-state index in [1.165, 1.54) is 0 Å². The maximum absolute atomic E-state index is 13.9. The van der Waals surface area contributed by atoms with Gasteiger partial charge in [0.1, 0.15) is 18.3 Å². The van der Waals surface area contributed by atoms with E-state index in [-0.39, 0.29) is 18.3 Å². The van der Waals surface area contributed by atoms with Crippen LogP contribution in [0.5, 0.6) is 17.2 Å². The molecule has 41 heavy (non-hydrogen) atoms. The van der Waals surface area contributed by atoms with Crippen LogP contribution in [0, 0.1) is 5.92 Å². The number of rotatable bonds is 9. The quantitative estimate of drug-likeness (QED) is 0.284. The van der Waals surface area contributed by atoms with Gasteiger partial charge in [0, 0.05) is 29.3 Å². The molecule has 0 amide bonds. The lowest BCUT2D eigenvalue weighted by Gasteiger charge is -2.36. The molecule has 0 fully saturated rings. The van der Waals surface area contributed by atoms with Gasteiger partial charge in [0.05, 0.1) is 20.8 Å². The van der Waals surface area contributed by atoms with Gasteiger partial charge in [0.2, 0.25) is 0 Å². The number of methoxy groups -OCH3 is 2. The molecular weight excluding hydrogens is 518 g/mol. The average Bonchev–Trinajstić information content (AvgIpc) is 2.99. The van der Waals surface area contributed by atoms with Crippen LogP contribution in [0.25, 0.3) is 0 Å². The van der Waals surface area contributed by atoms with Crippen molar-refractivity contribution in [2.75, 3.05) is 20.8 Å². The minimum atomic E-state index is -0.712. The van der Waals surface area contributed by atoms with Gasteiger partial charge in [-0.1, -0.05) is 48.5 Å². The molecule has 7 nitrogen and oxygen atoms in total. The molecule has 0 bridgehead atoms. The van der Waals surface area contributed by atoms with Crippen molar-refractivity contribution in [2.24, 2.45) is 10.9 Å². The summed E-state index contributed by atoms with van der Waals surface area (Å²) in [5, 5.41) is 0. The van der Waals surface area contributed by atoms with Crippen molar-refractivity contribution >= 4 is 17.5 Å². The molecule has 212 valence electrons. The number of allylic oxidation sites excluding steroid dienone is 2. The van der Waals surface area contributed by atoms with Gasteiger partial charge in [-0.3, -0.25) is 14.6 Å². The highest BCUT2D eigenvalue weighted by Gasteiger charge is 2.45. The van der Waals surface area contributed by atoms with Crippen molar-refractivity contribution in [3.63, 3.8) is 0 Å². The number of nitrogens with zero attached hydrogens (tertiary/aromatic N) is 1. The predicted octanol–water partition coefficient (Wildman–Crippen LogP) is 6.42. The zero-order valence-electron chi connectivity index (χ0n) is 23.9. The Kier molecular flexibility index (Phi) is 8.53. The first-order chi connectivity index (χ1) is 19.9. The van der Waals surface area contributed by atoms with Crippen LogP contribution in [0.3, 0.4) is 0 Å². The number of hydrogen-bond acceptors (Lipinski definition) is 7. The minimum Gasteiger partial charge on any atom is -0.497 e. The van der Waals surface area contributed by atoms with Crippen LogP contribution in [0.4, 0.5) is 0 Å². The standard InChI is InChI=1S/C34H35NO6/c1-5-40-34(37)31-21(2)35-27-17-25(23-11-14-26(38-3)15-12-23)18-28(36)33(27)32(31)24-13-16-29(30(19-24)39-4)41-20-22-9-7-6-8-10-22/h6-16,19,25,31-32H,5,17-18,20H2,1-4H3/t25-,31?,32-/m1/s1. The van der Waals surface area contributed by atoms with Crippen molar-refractivity contribution in [1.29, 1.82) is 0 Å². The second-order valence-electron chi connectivity index (χ2n) is 10.3. The topological polar surface area (TPSA) is 83.4 Å². The largest absolute Gasteiger partial charge is 0.497 e. The third-order valence-electron chi connectivity index (χ3n) is 7.80. The van der Waals surface area contributed by atoms with E-state index in [2.05, 4.69) is 0 Å². The van der Waals surface area contributed by atoms with E-state index in [0.29, 0.717) is 42.2 Å². The summed E-state index contributed by atoms with van der Waals surface area (Å²) < 4.78 is 22.6. The Hall–Kier alpha value is -4.39. The molecule has 0 aromatic heterocycles. The zero-order valence-corrected chi connectivity index (χ0v) is 23.9. The predicted molar refractivity (Wildman–Crippen MR) is 157 cm³/mol. The summed E-state index contributed by atoms with van der Waals surface area (Å²) in [6.07, 6.45) is 0.938. The monoisotopic (exact) mass is 553 g/mol. The fourth-order valence-electron chi connectivity index (χ4n) is 5.80. The Balaban J connectivity index is 1.51. The Morgan fingerprint density at radius 3 is 2.32 bits per heavy atom. The number of esters is 1. The summed E-state index contributed by atoms with van der Waals surface area (Å²) in [6, 6.07) is 23.3. The average molecular weight is 554 g/mol.